The van der Waals surface area contributed by atoms with Crippen molar-refractivity contribution in [3.63, 3.8) is 0 Å². The van der Waals surface area contributed by atoms with Crippen molar-refractivity contribution >= 4 is 11.5 Å². The van der Waals surface area contributed by atoms with E-state index in [-0.39, 0.29) is 17.4 Å². The minimum Gasteiger partial charge on any atom is -0.473 e. The van der Waals surface area contributed by atoms with Gasteiger partial charge in [0.1, 0.15) is 5.82 Å². The number of aryl methyl sites for hydroxylation is 1. The van der Waals surface area contributed by atoms with E-state index in [4.69, 9.17) is 4.74 Å². The Balaban J connectivity index is 3.22. The van der Waals surface area contributed by atoms with Gasteiger partial charge in [0.15, 0.2) is 0 Å². The molecule has 7 heteroatoms. The van der Waals surface area contributed by atoms with E-state index >= 15 is 0 Å². The molecule has 1 aromatic rings. The van der Waals surface area contributed by atoms with E-state index in [0.29, 0.717) is 31.3 Å². The molecule has 0 spiro atoms. The molecule has 0 aliphatic rings. The Bertz CT molecular complexity index is 449. The van der Waals surface area contributed by atoms with Crippen molar-refractivity contribution in [3.8, 4) is 5.88 Å². The number of nitrogens with zero attached hydrogens (tertiary/aromatic N) is 3. The fraction of sp³-hybridized carbons (Fsp3) is 0.667. The zero-order chi connectivity index (χ0) is 14.4. The molecule has 0 saturated carbocycles. The molecule has 0 bridgehead atoms. The van der Waals surface area contributed by atoms with Crippen LogP contribution in [-0.2, 0) is 6.42 Å². The molecule has 0 saturated heterocycles. The summed E-state index contributed by atoms with van der Waals surface area (Å²) in [5.41, 5.74) is -0.195. The van der Waals surface area contributed by atoms with E-state index in [2.05, 4.69) is 15.3 Å². The summed E-state index contributed by atoms with van der Waals surface area (Å²) in [6, 6.07) is 0. The Morgan fingerprint density at radius 1 is 1.37 bits per heavy atom. The fourth-order valence-corrected chi connectivity index (χ4v) is 1.46. The first-order valence-corrected chi connectivity index (χ1v) is 6.41. The first-order valence-electron chi connectivity index (χ1n) is 6.41. The molecule has 0 aliphatic heterocycles. The first kappa shape index (κ1) is 15.1. The van der Waals surface area contributed by atoms with Crippen molar-refractivity contribution < 1.29 is 9.66 Å². The van der Waals surface area contributed by atoms with Crippen LogP contribution in [0.1, 0.15) is 33.5 Å². The van der Waals surface area contributed by atoms with Gasteiger partial charge < -0.3 is 10.1 Å². The van der Waals surface area contributed by atoms with E-state index in [1.165, 1.54) is 0 Å². The lowest BCUT2D eigenvalue weighted by Crippen LogP contribution is -2.14. The van der Waals surface area contributed by atoms with Crippen molar-refractivity contribution in [1.29, 1.82) is 0 Å². The summed E-state index contributed by atoms with van der Waals surface area (Å²) < 4.78 is 5.26. The number of hydrogen-bond donors (Lipinski definition) is 1. The Hall–Kier alpha value is -1.92. The number of rotatable bonds is 7. The fourth-order valence-electron chi connectivity index (χ4n) is 1.46. The van der Waals surface area contributed by atoms with E-state index in [1.54, 1.807) is 6.92 Å². The van der Waals surface area contributed by atoms with Gasteiger partial charge in [0.05, 0.1) is 11.5 Å². The average molecular weight is 268 g/mol. The van der Waals surface area contributed by atoms with Gasteiger partial charge in [-0.3, -0.25) is 10.1 Å². The summed E-state index contributed by atoms with van der Waals surface area (Å²) >= 11 is 0. The highest BCUT2D eigenvalue weighted by Crippen LogP contribution is 2.32. The number of anilines is 1. The van der Waals surface area contributed by atoms with Crippen LogP contribution in [0, 0.1) is 16.0 Å². The summed E-state index contributed by atoms with van der Waals surface area (Å²) in [5.74, 6) is 1.15. The van der Waals surface area contributed by atoms with Crippen LogP contribution in [0.15, 0.2) is 0 Å². The molecule has 1 heterocycles. The van der Waals surface area contributed by atoms with Crippen LogP contribution in [-0.4, -0.2) is 28.0 Å². The maximum atomic E-state index is 11.2. The topological polar surface area (TPSA) is 90.2 Å². The molecule has 0 aromatic carbocycles. The number of nitrogens with one attached hydrogen (secondary N) is 1. The molecule has 1 rings (SSSR count). The standard InChI is InChI=1S/C12H20N4O3/c1-5-9-14-11(13-7-8(3)4)10(16(17)18)12(15-9)19-6-2/h8H,5-7H2,1-4H3,(H,13,14,15). The Morgan fingerprint density at radius 2 is 2.05 bits per heavy atom. The van der Waals surface area contributed by atoms with Crippen LogP contribution < -0.4 is 10.1 Å². The summed E-state index contributed by atoms with van der Waals surface area (Å²) in [6.45, 7) is 8.62. The van der Waals surface area contributed by atoms with Crippen LogP contribution >= 0.6 is 0 Å². The third kappa shape index (κ3) is 4.04. The minimum atomic E-state index is -0.507. The van der Waals surface area contributed by atoms with E-state index < -0.39 is 4.92 Å². The lowest BCUT2D eigenvalue weighted by Gasteiger charge is -2.11. The second-order valence-electron chi connectivity index (χ2n) is 4.46. The molecule has 19 heavy (non-hydrogen) atoms. The van der Waals surface area contributed by atoms with Gasteiger partial charge in [0.25, 0.3) is 5.88 Å². The lowest BCUT2D eigenvalue weighted by atomic mass is 10.2. The monoisotopic (exact) mass is 268 g/mol. The molecule has 0 atom stereocenters. The Morgan fingerprint density at radius 3 is 2.53 bits per heavy atom. The molecule has 0 radical (unpaired) electrons. The molecule has 106 valence electrons. The van der Waals surface area contributed by atoms with Gasteiger partial charge in [-0.15, -0.1) is 0 Å². The van der Waals surface area contributed by atoms with E-state index in [0.717, 1.165) is 0 Å². The van der Waals surface area contributed by atoms with Crippen LogP contribution in [0.3, 0.4) is 0 Å². The highest BCUT2D eigenvalue weighted by Gasteiger charge is 2.25. The molecule has 0 fully saturated rings. The predicted molar refractivity (Wildman–Crippen MR) is 72.6 cm³/mol. The van der Waals surface area contributed by atoms with E-state index in [1.807, 2.05) is 20.8 Å². The van der Waals surface area contributed by atoms with Crippen LogP contribution in [0.4, 0.5) is 11.5 Å². The van der Waals surface area contributed by atoms with Gasteiger partial charge in [-0.2, -0.15) is 4.98 Å². The van der Waals surface area contributed by atoms with Crippen molar-refractivity contribution in [2.24, 2.45) is 5.92 Å². The largest absolute Gasteiger partial charge is 0.473 e. The highest BCUT2D eigenvalue weighted by molar-refractivity contribution is 5.61. The molecule has 1 N–H and O–H groups in total. The van der Waals surface area contributed by atoms with Crippen molar-refractivity contribution in [2.45, 2.75) is 34.1 Å². The highest BCUT2D eigenvalue weighted by atomic mass is 16.6. The quantitative estimate of drug-likeness (QED) is 0.603. The molecular weight excluding hydrogens is 248 g/mol. The van der Waals surface area contributed by atoms with Gasteiger partial charge in [-0.05, 0) is 12.8 Å². The number of ether oxygens (including phenoxy) is 1. The molecule has 1 aromatic heterocycles. The maximum Gasteiger partial charge on any atom is 0.372 e. The third-order valence-electron chi connectivity index (χ3n) is 2.36. The molecular formula is C12H20N4O3. The summed E-state index contributed by atoms with van der Waals surface area (Å²) in [4.78, 5) is 18.9. The second-order valence-corrected chi connectivity index (χ2v) is 4.46. The van der Waals surface area contributed by atoms with Crippen LogP contribution in [0.2, 0.25) is 0 Å². The van der Waals surface area contributed by atoms with Gasteiger partial charge in [-0.1, -0.05) is 20.8 Å². The third-order valence-corrected chi connectivity index (χ3v) is 2.36. The zero-order valence-corrected chi connectivity index (χ0v) is 11.8. The number of hydrogen-bond acceptors (Lipinski definition) is 6. The van der Waals surface area contributed by atoms with Gasteiger partial charge >= 0.3 is 5.69 Å². The molecule has 0 unspecified atom stereocenters. The average Bonchev–Trinajstić information content (AvgIpc) is 2.35. The van der Waals surface area contributed by atoms with E-state index in [9.17, 15) is 10.1 Å². The van der Waals surface area contributed by atoms with Gasteiger partial charge in [0, 0.05) is 13.0 Å². The van der Waals surface area contributed by atoms with Crippen LogP contribution in [0.5, 0.6) is 5.88 Å². The maximum absolute atomic E-state index is 11.2. The smallest absolute Gasteiger partial charge is 0.372 e. The first-order chi connectivity index (χ1) is 8.99. The van der Waals surface area contributed by atoms with Crippen molar-refractivity contribution in [3.05, 3.63) is 15.9 Å². The van der Waals surface area contributed by atoms with Crippen molar-refractivity contribution in [1.82, 2.24) is 9.97 Å². The lowest BCUT2D eigenvalue weighted by molar-refractivity contribution is -0.385. The summed E-state index contributed by atoms with van der Waals surface area (Å²) in [7, 11) is 0. The SMILES string of the molecule is CCOc1nc(CC)nc(NCC(C)C)c1[N+](=O)[O-]. The zero-order valence-electron chi connectivity index (χ0n) is 11.8. The Labute approximate surface area is 112 Å². The second kappa shape index (κ2) is 6.86. The van der Waals surface area contributed by atoms with Crippen LogP contribution in [0.25, 0.3) is 0 Å². The molecule has 0 aliphatic carbocycles. The molecule has 0 amide bonds. The van der Waals surface area contributed by atoms with Gasteiger partial charge in [0.2, 0.25) is 5.82 Å². The Kier molecular flexibility index (Phi) is 5.47. The summed E-state index contributed by atoms with van der Waals surface area (Å²) in [5, 5.41) is 14.2. The normalized spacial score (nSPS) is 10.6. The molecule has 7 nitrogen and oxygen atoms in total. The number of aromatic nitrogens is 2. The van der Waals surface area contributed by atoms with Gasteiger partial charge in [-0.25, -0.2) is 4.98 Å². The van der Waals surface area contributed by atoms with Crippen molar-refractivity contribution in [2.75, 3.05) is 18.5 Å². The summed E-state index contributed by atoms with van der Waals surface area (Å²) in [6.07, 6.45) is 0.592. The number of nitro groups is 1. The minimum absolute atomic E-state index is 0.0330. The predicted octanol–water partition coefficient (Wildman–Crippen LogP) is 2.41.